The molecule has 0 unspecified atom stereocenters. The van der Waals surface area contributed by atoms with Gasteiger partial charge in [0, 0.05) is 60.9 Å². The zero-order valence-electron chi connectivity index (χ0n) is 15.5. The molecule has 140 valence electrons. The molecule has 0 aliphatic carbocycles. The van der Waals surface area contributed by atoms with Gasteiger partial charge in [0.2, 0.25) is 0 Å². The van der Waals surface area contributed by atoms with Gasteiger partial charge in [0.15, 0.2) is 5.82 Å². The topological polar surface area (TPSA) is 45.2 Å². The molecule has 0 amide bonds. The fourth-order valence-corrected chi connectivity index (χ4v) is 4.41. The molecule has 1 fully saturated rings. The molecule has 1 saturated heterocycles. The van der Waals surface area contributed by atoms with Crippen LogP contribution < -0.4 is 4.90 Å². The number of rotatable bonds is 4. The number of anilines is 1. The van der Waals surface area contributed by atoms with Crippen LogP contribution in [0.1, 0.15) is 4.88 Å². The molecule has 4 aromatic rings. The van der Waals surface area contributed by atoms with Crippen LogP contribution in [-0.4, -0.2) is 46.0 Å². The Bertz CT molecular complexity index is 1060. The lowest BCUT2D eigenvalue weighted by molar-refractivity contribution is 0.251. The van der Waals surface area contributed by atoms with Crippen LogP contribution in [0.5, 0.6) is 0 Å². The molecule has 1 aromatic carbocycles. The Morgan fingerprint density at radius 2 is 1.79 bits per heavy atom. The summed E-state index contributed by atoms with van der Waals surface area (Å²) in [4.78, 5) is 20.3. The molecule has 5 rings (SSSR count). The number of hydrogen-bond acceptors (Lipinski definition) is 6. The van der Waals surface area contributed by atoms with Crippen molar-refractivity contribution in [2.24, 2.45) is 0 Å². The number of benzene rings is 1. The fraction of sp³-hybridized carbons (Fsp3) is 0.227. The molecule has 6 heteroatoms. The van der Waals surface area contributed by atoms with E-state index in [1.807, 2.05) is 35.7 Å². The molecule has 3 aromatic heterocycles. The third-order valence-electron chi connectivity index (χ3n) is 5.13. The summed E-state index contributed by atoms with van der Waals surface area (Å²) in [7, 11) is 0. The minimum absolute atomic E-state index is 0.739. The lowest BCUT2D eigenvalue weighted by Gasteiger charge is -2.35. The Morgan fingerprint density at radius 1 is 0.893 bits per heavy atom. The summed E-state index contributed by atoms with van der Waals surface area (Å²) in [6.07, 6.45) is 3.60. The minimum Gasteiger partial charge on any atom is -0.353 e. The van der Waals surface area contributed by atoms with Crippen molar-refractivity contribution in [3.8, 4) is 11.4 Å². The molecule has 5 nitrogen and oxygen atoms in total. The van der Waals surface area contributed by atoms with Crippen molar-refractivity contribution in [3.05, 3.63) is 71.2 Å². The van der Waals surface area contributed by atoms with Gasteiger partial charge in [-0.2, -0.15) is 0 Å². The van der Waals surface area contributed by atoms with E-state index in [9.17, 15) is 0 Å². The van der Waals surface area contributed by atoms with Gasteiger partial charge in [0.05, 0.1) is 5.52 Å². The van der Waals surface area contributed by atoms with E-state index in [0.717, 1.165) is 60.8 Å². The summed E-state index contributed by atoms with van der Waals surface area (Å²) in [5.41, 5.74) is 1.93. The van der Waals surface area contributed by atoms with Gasteiger partial charge >= 0.3 is 0 Å². The molecule has 0 saturated carbocycles. The maximum atomic E-state index is 4.95. The Labute approximate surface area is 168 Å². The monoisotopic (exact) mass is 387 g/mol. The molecule has 4 heterocycles. The quantitative estimate of drug-likeness (QED) is 0.528. The standard InChI is InChI=1S/C22H21N5S/c1-2-8-20-19(7-1)22(25-21(24-20)17-5-3-9-23-15-17)27-12-10-26(11-13-27)16-18-6-4-14-28-18/h1-9,14-15H,10-13,16H2. The van der Waals surface area contributed by atoms with Crippen molar-refractivity contribution in [1.29, 1.82) is 0 Å². The third-order valence-corrected chi connectivity index (χ3v) is 6.00. The molecule has 0 atom stereocenters. The normalized spacial score (nSPS) is 15.2. The van der Waals surface area contributed by atoms with Crippen molar-refractivity contribution in [2.45, 2.75) is 6.54 Å². The highest BCUT2D eigenvalue weighted by Crippen LogP contribution is 2.28. The van der Waals surface area contributed by atoms with Gasteiger partial charge in [0.25, 0.3) is 0 Å². The average molecular weight is 388 g/mol. The van der Waals surface area contributed by atoms with Gasteiger partial charge in [-0.25, -0.2) is 9.97 Å². The lowest BCUT2D eigenvalue weighted by atomic mass is 10.2. The highest BCUT2D eigenvalue weighted by atomic mass is 32.1. The second-order valence-electron chi connectivity index (χ2n) is 6.97. The van der Waals surface area contributed by atoms with Crippen LogP contribution in [0.3, 0.4) is 0 Å². The number of thiophene rings is 1. The van der Waals surface area contributed by atoms with E-state index in [0.29, 0.717) is 0 Å². The van der Waals surface area contributed by atoms with Crippen molar-refractivity contribution >= 4 is 28.1 Å². The van der Waals surface area contributed by atoms with E-state index in [1.165, 1.54) is 4.88 Å². The number of hydrogen-bond donors (Lipinski definition) is 0. The molecule has 0 radical (unpaired) electrons. The summed E-state index contributed by atoms with van der Waals surface area (Å²) in [5, 5.41) is 3.26. The van der Waals surface area contributed by atoms with Crippen LogP contribution in [0.2, 0.25) is 0 Å². The average Bonchev–Trinajstić information content (AvgIpc) is 3.27. The first kappa shape index (κ1) is 17.3. The van der Waals surface area contributed by atoms with E-state index in [4.69, 9.17) is 9.97 Å². The van der Waals surface area contributed by atoms with Crippen molar-refractivity contribution in [1.82, 2.24) is 19.9 Å². The summed E-state index contributed by atoms with van der Waals surface area (Å²) < 4.78 is 0. The Morgan fingerprint density at radius 3 is 2.57 bits per heavy atom. The zero-order valence-corrected chi connectivity index (χ0v) is 16.3. The van der Waals surface area contributed by atoms with Crippen molar-refractivity contribution < 1.29 is 0 Å². The smallest absolute Gasteiger partial charge is 0.163 e. The second kappa shape index (κ2) is 7.66. The molecule has 0 N–H and O–H groups in total. The van der Waals surface area contributed by atoms with Crippen LogP contribution in [0.15, 0.2) is 66.3 Å². The van der Waals surface area contributed by atoms with E-state index in [2.05, 4.69) is 50.5 Å². The van der Waals surface area contributed by atoms with Gasteiger partial charge in [-0.05, 0) is 35.7 Å². The van der Waals surface area contributed by atoms with Gasteiger partial charge < -0.3 is 4.90 Å². The number of pyridine rings is 1. The zero-order chi connectivity index (χ0) is 18.8. The number of nitrogens with zero attached hydrogens (tertiary/aromatic N) is 5. The maximum absolute atomic E-state index is 4.95. The van der Waals surface area contributed by atoms with E-state index in [1.54, 1.807) is 6.20 Å². The van der Waals surface area contributed by atoms with Crippen molar-refractivity contribution in [2.75, 3.05) is 31.1 Å². The molecular weight excluding hydrogens is 366 g/mol. The summed E-state index contributed by atoms with van der Waals surface area (Å²) >= 11 is 1.83. The Balaban J connectivity index is 1.44. The molecular formula is C22H21N5S. The molecule has 0 spiro atoms. The van der Waals surface area contributed by atoms with Crippen LogP contribution in [0.25, 0.3) is 22.3 Å². The number of fused-ring (bicyclic) bond motifs is 1. The van der Waals surface area contributed by atoms with Gasteiger partial charge in [-0.3, -0.25) is 9.88 Å². The Hall–Kier alpha value is -2.83. The third kappa shape index (κ3) is 3.48. The van der Waals surface area contributed by atoms with Crippen LogP contribution in [0, 0.1) is 0 Å². The number of piperazine rings is 1. The van der Waals surface area contributed by atoms with Gasteiger partial charge in [-0.1, -0.05) is 18.2 Å². The first-order valence-electron chi connectivity index (χ1n) is 9.54. The van der Waals surface area contributed by atoms with E-state index < -0.39 is 0 Å². The number of aromatic nitrogens is 3. The first-order valence-corrected chi connectivity index (χ1v) is 10.4. The number of para-hydroxylation sites is 1. The van der Waals surface area contributed by atoms with Crippen LogP contribution in [0.4, 0.5) is 5.82 Å². The fourth-order valence-electron chi connectivity index (χ4n) is 3.67. The van der Waals surface area contributed by atoms with Crippen LogP contribution >= 0.6 is 11.3 Å². The largest absolute Gasteiger partial charge is 0.353 e. The SMILES string of the molecule is c1cncc(-c2nc(N3CCN(Cc4cccs4)CC3)c3ccccc3n2)c1. The molecule has 0 bridgehead atoms. The van der Waals surface area contributed by atoms with E-state index >= 15 is 0 Å². The second-order valence-corrected chi connectivity index (χ2v) is 8.00. The minimum atomic E-state index is 0.739. The first-order chi connectivity index (χ1) is 13.9. The van der Waals surface area contributed by atoms with Gasteiger partial charge in [0.1, 0.15) is 5.82 Å². The van der Waals surface area contributed by atoms with Crippen LogP contribution in [-0.2, 0) is 6.54 Å². The summed E-state index contributed by atoms with van der Waals surface area (Å²) in [6, 6.07) is 16.6. The summed E-state index contributed by atoms with van der Waals surface area (Å²) in [5.74, 6) is 1.77. The molecule has 1 aliphatic heterocycles. The van der Waals surface area contributed by atoms with E-state index in [-0.39, 0.29) is 0 Å². The van der Waals surface area contributed by atoms with Gasteiger partial charge in [-0.15, -0.1) is 11.3 Å². The highest BCUT2D eigenvalue weighted by molar-refractivity contribution is 7.09. The summed E-state index contributed by atoms with van der Waals surface area (Å²) in [6.45, 7) is 5.06. The maximum Gasteiger partial charge on any atom is 0.163 e. The predicted molar refractivity (Wildman–Crippen MR) is 115 cm³/mol. The molecule has 28 heavy (non-hydrogen) atoms. The van der Waals surface area contributed by atoms with Crippen molar-refractivity contribution in [3.63, 3.8) is 0 Å². The molecule has 1 aliphatic rings. The highest BCUT2D eigenvalue weighted by Gasteiger charge is 2.21. The Kier molecular flexibility index (Phi) is 4.72. The lowest BCUT2D eigenvalue weighted by Crippen LogP contribution is -2.46. The predicted octanol–water partition coefficient (Wildman–Crippen LogP) is 4.08.